The van der Waals surface area contributed by atoms with Crippen LogP contribution >= 0.6 is 12.2 Å². The van der Waals surface area contributed by atoms with Crippen molar-refractivity contribution in [2.75, 3.05) is 20.3 Å². The molecule has 0 saturated heterocycles. The zero-order valence-electron chi connectivity index (χ0n) is 20.9. The van der Waals surface area contributed by atoms with Crippen molar-refractivity contribution in [2.24, 2.45) is 0 Å². The van der Waals surface area contributed by atoms with E-state index in [1.165, 1.54) is 18.2 Å². The van der Waals surface area contributed by atoms with Crippen LogP contribution in [-0.2, 0) is 20.7 Å². The Morgan fingerprint density at radius 1 is 0.892 bits per heavy atom. The Kier molecular flexibility index (Phi) is 8.74. The summed E-state index contributed by atoms with van der Waals surface area (Å²) in [5, 5.41) is 9.24. The largest absolute Gasteiger partial charge is 0.467 e. The number of fused-ring (bicyclic) bond motifs is 3. The molecule has 1 aliphatic carbocycles. The zero-order valence-corrected chi connectivity index (χ0v) is 21.7. The van der Waals surface area contributed by atoms with Crippen LogP contribution in [0.5, 0.6) is 0 Å². The van der Waals surface area contributed by atoms with Gasteiger partial charge >= 0.3 is 12.1 Å². The van der Waals surface area contributed by atoms with Crippen LogP contribution in [-0.4, -0.2) is 49.5 Å². The van der Waals surface area contributed by atoms with Gasteiger partial charge in [-0.05, 0) is 53.4 Å². The normalized spacial score (nSPS) is 13.5. The van der Waals surface area contributed by atoms with E-state index in [-0.39, 0.29) is 18.6 Å². The third-order valence-electron chi connectivity index (χ3n) is 6.40. The molecule has 3 aromatic carbocycles. The molecule has 192 valence electrons. The summed E-state index contributed by atoms with van der Waals surface area (Å²) >= 11 is 5.32. The van der Waals surface area contributed by atoms with Gasteiger partial charge in [-0.2, -0.15) is 0 Å². The lowest BCUT2D eigenvalue weighted by Crippen LogP contribution is -2.50. The summed E-state index contributed by atoms with van der Waals surface area (Å²) in [4.78, 5) is 24.6. The number of alkyl carbamates (subject to hydrolysis) is 1. The maximum atomic E-state index is 12.9. The van der Waals surface area contributed by atoms with E-state index >= 15 is 0 Å². The summed E-state index contributed by atoms with van der Waals surface area (Å²) in [6, 6.07) is 25.4. The van der Waals surface area contributed by atoms with Crippen LogP contribution in [0.25, 0.3) is 11.1 Å². The van der Waals surface area contributed by atoms with Gasteiger partial charge in [-0.1, -0.05) is 78.9 Å². The van der Waals surface area contributed by atoms with Crippen LogP contribution in [0.15, 0.2) is 78.9 Å². The van der Waals surface area contributed by atoms with E-state index in [9.17, 15) is 9.59 Å². The number of ether oxygens (including phenoxy) is 2. The van der Waals surface area contributed by atoms with Gasteiger partial charge in [0.05, 0.1) is 13.2 Å². The van der Waals surface area contributed by atoms with Crippen molar-refractivity contribution in [2.45, 2.75) is 31.3 Å². The van der Waals surface area contributed by atoms with Crippen molar-refractivity contribution in [3.8, 4) is 11.1 Å². The van der Waals surface area contributed by atoms with E-state index in [0.717, 1.165) is 16.7 Å². The van der Waals surface area contributed by atoms with Gasteiger partial charge in [-0.3, -0.25) is 0 Å². The third kappa shape index (κ3) is 6.65. The first-order valence-corrected chi connectivity index (χ1v) is 12.6. The van der Waals surface area contributed by atoms with Crippen LogP contribution in [0, 0.1) is 0 Å². The first kappa shape index (κ1) is 26.2. The van der Waals surface area contributed by atoms with Gasteiger partial charge in [0.15, 0.2) is 5.11 Å². The molecule has 1 aliphatic rings. The number of nitrogens with one attached hydrogen (secondary N) is 3. The highest BCUT2D eigenvalue weighted by atomic mass is 32.1. The second-order valence-electron chi connectivity index (χ2n) is 8.96. The van der Waals surface area contributed by atoms with Crippen molar-refractivity contribution >= 4 is 29.4 Å². The summed E-state index contributed by atoms with van der Waals surface area (Å²) in [6.07, 6.45) is 0.0825. The number of rotatable bonds is 9. The molecule has 0 unspecified atom stereocenters. The van der Waals surface area contributed by atoms with Crippen LogP contribution in [0.3, 0.4) is 0 Å². The fraction of sp³-hybridized carbons (Fsp3) is 0.276. The summed E-state index contributed by atoms with van der Waals surface area (Å²) < 4.78 is 10.5. The van der Waals surface area contributed by atoms with Crippen molar-refractivity contribution < 1.29 is 19.1 Å². The number of hydrogen-bond acceptors (Lipinski definition) is 5. The Morgan fingerprint density at radius 3 is 2.11 bits per heavy atom. The van der Waals surface area contributed by atoms with Crippen molar-refractivity contribution in [1.29, 1.82) is 0 Å². The number of benzene rings is 3. The van der Waals surface area contributed by atoms with E-state index < -0.39 is 18.1 Å². The molecule has 4 rings (SSSR count). The predicted molar refractivity (Wildman–Crippen MR) is 147 cm³/mol. The number of methoxy groups -OCH3 is 1. The van der Waals surface area contributed by atoms with Gasteiger partial charge in [0.1, 0.15) is 12.6 Å². The fourth-order valence-electron chi connectivity index (χ4n) is 4.58. The molecular weight excluding hydrogens is 486 g/mol. The number of hydrogen-bond donors (Lipinski definition) is 3. The molecule has 37 heavy (non-hydrogen) atoms. The SMILES string of the molecule is COC(=O)[C@H](C)NC(=S)NC[C@H](Cc1ccccc1)NC(=O)OCC1c2ccccc2-c2ccccc21. The molecule has 3 aromatic rings. The number of carbonyl (C=O) groups excluding carboxylic acids is 2. The smallest absolute Gasteiger partial charge is 0.407 e. The molecule has 8 heteroatoms. The van der Waals surface area contributed by atoms with Gasteiger partial charge in [0.2, 0.25) is 0 Å². The Morgan fingerprint density at radius 2 is 1.49 bits per heavy atom. The molecule has 7 nitrogen and oxygen atoms in total. The summed E-state index contributed by atoms with van der Waals surface area (Å²) in [5.74, 6) is -0.429. The Hall–Kier alpha value is -3.91. The number of carbonyl (C=O) groups is 2. The van der Waals surface area contributed by atoms with Gasteiger partial charge in [0, 0.05) is 12.5 Å². The second-order valence-corrected chi connectivity index (χ2v) is 9.36. The van der Waals surface area contributed by atoms with Gasteiger partial charge in [-0.15, -0.1) is 0 Å². The van der Waals surface area contributed by atoms with E-state index in [2.05, 4.69) is 40.2 Å². The molecule has 2 atom stereocenters. The summed E-state index contributed by atoms with van der Waals surface area (Å²) in [7, 11) is 1.32. The molecular formula is C29H31N3O4S. The number of thiocarbonyl (C=S) groups is 1. The van der Waals surface area contributed by atoms with Crippen LogP contribution in [0.1, 0.15) is 29.5 Å². The fourth-order valence-corrected chi connectivity index (χ4v) is 4.84. The average Bonchev–Trinajstić information content (AvgIpc) is 3.24. The Balaban J connectivity index is 1.38. The molecule has 0 spiro atoms. The highest BCUT2D eigenvalue weighted by molar-refractivity contribution is 7.80. The molecule has 0 fully saturated rings. The maximum Gasteiger partial charge on any atom is 0.407 e. The molecule has 0 bridgehead atoms. The number of amides is 1. The topological polar surface area (TPSA) is 88.7 Å². The minimum absolute atomic E-state index is 0.0135. The predicted octanol–water partition coefficient (Wildman–Crippen LogP) is 4.16. The highest BCUT2D eigenvalue weighted by Gasteiger charge is 2.29. The van der Waals surface area contributed by atoms with Gasteiger partial charge in [-0.25, -0.2) is 9.59 Å². The first-order chi connectivity index (χ1) is 18.0. The zero-order chi connectivity index (χ0) is 26.2. The minimum Gasteiger partial charge on any atom is -0.467 e. The Bertz CT molecular complexity index is 1210. The van der Waals surface area contributed by atoms with E-state index in [1.54, 1.807) is 6.92 Å². The molecule has 0 radical (unpaired) electrons. The summed E-state index contributed by atoms with van der Waals surface area (Å²) in [5.41, 5.74) is 5.75. The van der Waals surface area contributed by atoms with Gasteiger partial charge < -0.3 is 25.4 Å². The quantitative estimate of drug-likeness (QED) is 0.290. The average molecular weight is 518 g/mol. The standard InChI is InChI=1S/C29H31N3O4S/c1-19(27(33)35-2)31-28(37)30-17-21(16-20-10-4-3-5-11-20)32-29(34)36-18-26-24-14-8-6-12-22(24)23-13-7-9-15-25(23)26/h3-15,19,21,26H,16-18H2,1-2H3,(H,32,34)(H2,30,31,37)/t19-,21-/m0/s1. The second kappa shape index (κ2) is 12.4. The molecule has 3 N–H and O–H groups in total. The molecule has 0 aromatic heterocycles. The lowest BCUT2D eigenvalue weighted by atomic mass is 9.98. The van der Waals surface area contributed by atoms with Crippen LogP contribution < -0.4 is 16.0 Å². The summed E-state index contributed by atoms with van der Waals surface area (Å²) in [6.45, 7) is 2.25. The van der Waals surface area contributed by atoms with Gasteiger partial charge in [0.25, 0.3) is 0 Å². The van der Waals surface area contributed by atoms with Crippen molar-refractivity contribution in [3.63, 3.8) is 0 Å². The third-order valence-corrected chi connectivity index (χ3v) is 6.66. The molecule has 0 aliphatic heterocycles. The Labute approximate surface area is 222 Å². The maximum absolute atomic E-state index is 12.9. The van der Waals surface area contributed by atoms with Crippen LogP contribution in [0.2, 0.25) is 0 Å². The molecule has 1 amide bonds. The number of esters is 1. The lowest BCUT2D eigenvalue weighted by molar-refractivity contribution is -0.142. The van der Waals surface area contributed by atoms with Crippen LogP contribution in [0.4, 0.5) is 4.79 Å². The van der Waals surface area contributed by atoms with Crippen molar-refractivity contribution in [1.82, 2.24) is 16.0 Å². The lowest BCUT2D eigenvalue weighted by Gasteiger charge is -2.22. The first-order valence-electron chi connectivity index (χ1n) is 12.2. The molecule has 0 saturated carbocycles. The van der Waals surface area contributed by atoms with E-state index in [4.69, 9.17) is 21.7 Å². The molecule has 0 heterocycles. The van der Waals surface area contributed by atoms with E-state index in [1.807, 2.05) is 54.6 Å². The van der Waals surface area contributed by atoms with E-state index in [0.29, 0.717) is 18.1 Å². The van der Waals surface area contributed by atoms with Crippen molar-refractivity contribution in [3.05, 3.63) is 95.6 Å². The monoisotopic (exact) mass is 517 g/mol. The minimum atomic E-state index is -0.590. The highest BCUT2D eigenvalue weighted by Crippen LogP contribution is 2.44.